The van der Waals surface area contributed by atoms with Crippen molar-refractivity contribution in [3.8, 4) is 0 Å². The second-order valence-electron chi connectivity index (χ2n) is 3.38. The molecule has 0 saturated carbocycles. The number of nitrogen functional groups attached to an aromatic ring is 3. The Labute approximate surface area is 103 Å². The van der Waals surface area contributed by atoms with Gasteiger partial charge in [0.15, 0.2) is 5.16 Å². The van der Waals surface area contributed by atoms with E-state index in [1.165, 1.54) is 17.8 Å². The van der Waals surface area contributed by atoms with Crippen molar-refractivity contribution in [1.29, 1.82) is 0 Å². The van der Waals surface area contributed by atoms with E-state index >= 15 is 0 Å². The summed E-state index contributed by atoms with van der Waals surface area (Å²) in [6, 6.07) is 5.18. The van der Waals surface area contributed by atoms with Crippen molar-refractivity contribution >= 4 is 29.2 Å². The lowest BCUT2D eigenvalue weighted by molar-refractivity contribution is 0.983. The monoisotopic (exact) mass is 248 g/mol. The topological polar surface area (TPSA) is 117 Å². The van der Waals surface area contributed by atoms with Crippen molar-refractivity contribution in [2.75, 3.05) is 17.2 Å². The van der Waals surface area contributed by atoms with Gasteiger partial charge in [-0.1, -0.05) is 17.8 Å². The molecule has 2 rings (SSSR count). The van der Waals surface area contributed by atoms with E-state index in [0.29, 0.717) is 28.4 Å². The van der Waals surface area contributed by atoms with Crippen molar-refractivity contribution in [3.05, 3.63) is 30.0 Å². The molecule has 0 fully saturated rings. The maximum atomic E-state index is 5.57. The van der Waals surface area contributed by atoms with Crippen LogP contribution >= 0.6 is 11.8 Å². The Morgan fingerprint density at radius 3 is 2.29 bits per heavy atom. The standard InChI is InChI=1S/C10H12N6S/c11-7-2-1-6(4-14-7)5-17-10-15-8(12)3-9(13)16-10/h1-4H,5H2,(H2,11,14)(H4,12,13,15,16). The summed E-state index contributed by atoms with van der Waals surface area (Å²) in [5, 5.41) is 0.555. The molecule has 0 amide bonds. The average molecular weight is 248 g/mol. The normalized spacial score (nSPS) is 10.4. The SMILES string of the molecule is Nc1ccc(CSc2nc(N)cc(N)n2)cn1. The lowest BCUT2D eigenvalue weighted by atomic mass is 10.3. The Morgan fingerprint density at radius 1 is 1.00 bits per heavy atom. The molecule has 2 aromatic rings. The highest BCUT2D eigenvalue weighted by atomic mass is 32.2. The van der Waals surface area contributed by atoms with Crippen molar-refractivity contribution in [2.24, 2.45) is 0 Å². The van der Waals surface area contributed by atoms with Gasteiger partial charge in [0, 0.05) is 18.0 Å². The Hall–Kier alpha value is -2.02. The molecule has 0 aliphatic heterocycles. The highest BCUT2D eigenvalue weighted by Crippen LogP contribution is 2.20. The molecule has 0 aliphatic rings. The Balaban J connectivity index is 2.04. The summed E-state index contributed by atoms with van der Waals surface area (Å²) >= 11 is 1.44. The van der Waals surface area contributed by atoms with Gasteiger partial charge in [-0.05, 0) is 11.6 Å². The van der Waals surface area contributed by atoms with Gasteiger partial charge in [-0.25, -0.2) is 15.0 Å². The summed E-state index contributed by atoms with van der Waals surface area (Å²) in [5.74, 6) is 1.94. The summed E-state index contributed by atoms with van der Waals surface area (Å²) in [7, 11) is 0. The fraction of sp³-hybridized carbons (Fsp3) is 0.100. The van der Waals surface area contributed by atoms with Gasteiger partial charge in [0.25, 0.3) is 0 Å². The van der Waals surface area contributed by atoms with Crippen LogP contribution in [0, 0.1) is 0 Å². The van der Waals surface area contributed by atoms with Gasteiger partial charge in [-0.3, -0.25) is 0 Å². The Kier molecular flexibility index (Phi) is 3.29. The minimum atomic E-state index is 0.371. The molecule has 0 aromatic carbocycles. The Morgan fingerprint density at radius 2 is 1.71 bits per heavy atom. The predicted molar refractivity (Wildman–Crippen MR) is 69.1 cm³/mol. The van der Waals surface area contributed by atoms with E-state index in [2.05, 4.69) is 15.0 Å². The number of thioether (sulfide) groups is 1. The second kappa shape index (κ2) is 4.88. The summed E-state index contributed by atoms with van der Waals surface area (Å²) < 4.78 is 0. The molecule has 17 heavy (non-hydrogen) atoms. The van der Waals surface area contributed by atoms with Gasteiger partial charge in [0.05, 0.1) is 0 Å². The van der Waals surface area contributed by atoms with Crippen molar-refractivity contribution in [2.45, 2.75) is 10.9 Å². The van der Waals surface area contributed by atoms with Crippen LogP contribution in [-0.2, 0) is 5.75 Å². The molecule has 0 saturated heterocycles. The van der Waals surface area contributed by atoms with Crippen molar-refractivity contribution in [3.63, 3.8) is 0 Å². The highest BCUT2D eigenvalue weighted by Gasteiger charge is 2.02. The molecule has 6 nitrogen and oxygen atoms in total. The first-order valence-electron chi connectivity index (χ1n) is 4.87. The molecular weight excluding hydrogens is 236 g/mol. The number of nitrogens with zero attached hydrogens (tertiary/aromatic N) is 3. The molecule has 0 bridgehead atoms. The molecule has 6 N–H and O–H groups in total. The molecule has 7 heteroatoms. The van der Waals surface area contributed by atoms with Crippen LogP contribution in [0.2, 0.25) is 0 Å². The number of nitrogens with two attached hydrogens (primary N) is 3. The first-order chi connectivity index (χ1) is 8.13. The van der Waals surface area contributed by atoms with E-state index in [0.717, 1.165) is 5.56 Å². The van der Waals surface area contributed by atoms with E-state index < -0.39 is 0 Å². The number of hydrogen-bond acceptors (Lipinski definition) is 7. The van der Waals surface area contributed by atoms with Crippen LogP contribution in [-0.4, -0.2) is 15.0 Å². The predicted octanol–water partition coefficient (Wildman–Crippen LogP) is 0.911. The largest absolute Gasteiger partial charge is 0.384 e. The summed E-state index contributed by atoms with van der Waals surface area (Å²) in [5.41, 5.74) is 17.7. The van der Waals surface area contributed by atoms with E-state index in [9.17, 15) is 0 Å². The van der Waals surface area contributed by atoms with Gasteiger partial charge in [-0.2, -0.15) is 0 Å². The average Bonchev–Trinajstić information content (AvgIpc) is 2.27. The third kappa shape index (κ3) is 3.22. The molecule has 0 radical (unpaired) electrons. The molecule has 0 aliphatic carbocycles. The van der Waals surface area contributed by atoms with Gasteiger partial charge < -0.3 is 17.2 Å². The maximum absolute atomic E-state index is 5.57. The lowest BCUT2D eigenvalue weighted by Gasteiger charge is -2.02. The first kappa shape index (κ1) is 11.5. The fourth-order valence-corrected chi connectivity index (χ4v) is 2.00. The van der Waals surface area contributed by atoms with Gasteiger partial charge in [0.2, 0.25) is 0 Å². The summed E-state index contributed by atoms with van der Waals surface area (Å²) in [6.07, 6.45) is 1.72. The highest BCUT2D eigenvalue weighted by molar-refractivity contribution is 7.98. The number of rotatable bonds is 3. The summed E-state index contributed by atoms with van der Waals surface area (Å²) in [6.45, 7) is 0. The molecule has 0 atom stereocenters. The zero-order chi connectivity index (χ0) is 12.3. The minimum Gasteiger partial charge on any atom is -0.384 e. The molecule has 0 unspecified atom stereocenters. The van der Waals surface area contributed by atoms with Crippen LogP contribution in [0.1, 0.15) is 5.56 Å². The quantitative estimate of drug-likeness (QED) is 0.546. The number of pyridine rings is 1. The van der Waals surface area contributed by atoms with Crippen molar-refractivity contribution in [1.82, 2.24) is 15.0 Å². The third-order valence-electron chi connectivity index (χ3n) is 1.96. The van der Waals surface area contributed by atoms with E-state index in [1.54, 1.807) is 12.3 Å². The smallest absolute Gasteiger partial charge is 0.191 e. The van der Waals surface area contributed by atoms with E-state index in [4.69, 9.17) is 17.2 Å². The van der Waals surface area contributed by atoms with Crippen molar-refractivity contribution < 1.29 is 0 Å². The van der Waals surface area contributed by atoms with E-state index in [-0.39, 0.29) is 0 Å². The van der Waals surface area contributed by atoms with Crippen LogP contribution in [0.15, 0.2) is 29.6 Å². The number of aromatic nitrogens is 3. The lowest BCUT2D eigenvalue weighted by Crippen LogP contribution is -1.99. The number of hydrogen-bond donors (Lipinski definition) is 3. The first-order valence-corrected chi connectivity index (χ1v) is 5.85. The van der Waals surface area contributed by atoms with Gasteiger partial charge in [-0.15, -0.1) is 0 Å². The van der Waals surface area contributed by atoms with Gasteiger partial charge in [0.1, 0.15) is 17.5 Å². The van der Waals surface area contributed by atoms with Gasteiger partial charge >= 0.3 is 0 Å². The van der Waals surface area contributed by atoms with Crippen LogP contribution < -0.4 is 17.2 Å². The number of anilines is 3. The molecule has 88 valence electrons. The third-order valence-corrected chi connectivity index (χ3v) is 2.88. The van der Waals surface area contributed by atoms with Crippen LogP contribution in [0.25, 0.3) is 0 Å². The van der Waals surface area contributed by atoms with Crippen LogP contribution in [0.4, 0.5) is 17.5 Å². The fourth-order valence-electron chi connectivity index (χ4n) is 1.20. The zero-order valence-corrected chi connectivity index (χ0v) is 9.81. The molecule has 2 heterocycles. The maximum Gasteiger partial charge on any atom is 0.191 e. The summed E-state index contributed by atoms with van der Waals surface area (Å²) in [4.78, 5) is 12.1. The molecular formula is C10H12N6S. The van der Waals surface area contributed by atoms with Crippen LogP contribution in [0.5, 0.6) is 0 Å². The Bertz CT molecular complexity index is 492. The molecule has 2 aromatic heterocycles. The second-order valence-corrected chi connectivity index (χ2v) is 4.32. The zero-order valence-electron chi connectivity index (χ0n) is 9.00. The van der Waals surface area contributed by atoms with E-state index in [1.807, 2.05) is 6.07 Å². The van der Waals surface area contributed by atoms with Crippen LogP contribution in [0.3, 0.4) is 0 Å². The molecule has 0 spiro atoms. The minimum absolute atomic E-state index is 0.371.